The summed E-state index contributed by atoms with van der Waals surface area (Å²) in [5.74, 6) is -0.448. The molecule has 0 bridgehead atoms. The lowest BCUT2D eigenvalue weighted by molar-refractivity contribution is -0.140. The summed E-state index contributed by atoms with van der Waals surface area (Å²) >= 11 is 0. The van der Waals surface area contributed by atoms with Crippen LogP contribution >= 0.6 is 0 Å². The van der Waals surface area contributed by atoms with Gasteiger partial charge in [-0.05, 0) is 22.8 Å². The zero-order chi connectivity index (χ0) is 14.4. The van der Waals surface area contributed by atoms with Gasteiger partial charge < -0.3 is 10.5 Å². The van der Waals surface area contributed by atoms with Gasteiger partial charge in [0.05, 0.1) is 7.11 Å². The number of ether oxygens (including phenoxy) is 1. The first kappa shape index (κ1) is 14.0. The van der Waals surface area contributed by atoms with Gasteiger partial charge in [-0.15, -0.1) is 0 Å². The van der Waals surface area contributed by atoms with Crippen LogP contribution in [0, 0.1) is 0 Å². The Morgan fingerprint density at radius 3 is 2.15 bits per heavy atom. The maximum absolute atomic E-state index is 11.7. The van der Waals surface area contributed by atoms with Crippen molar-refractivity contribution >= 4 is 17.6 Å². The Balaban J connectivity index is 2.45. The Morgan fingerprint density at radius 1 is 1.05 bits per heavy atom. The molecule has 0 saturated heterocycles. The Bertz CT molecular complexity index is 591. The average molecular weight is 267 g/mol. The number of esters is 1. The van der Waals surface area contributed by atoms with Gasteiger partial charge >= 0.3 is 5.97 Å². The van der Waals surface area contributed by atoms with E-state index >= 15 is 0 Å². The quantitative estimate of drug-likeness (QED) is 0.684. The zero-order valence-corrected chi connectivity index (χ0v) is 11.3. The summed E-state index contributed by atoms with van der Waals surface area (Å²) in [4.78, 5) is 11.7. The van der Waals surface area contributed by atoms with Crippen molar-refractivity contribution in [2.45, 2.75) is 6.04 Å². The molecule has 0 fully saturated rings. The maximum Gasteiger partial charge on any atom is 0.327 e. The number of methoxy groups -OCH3 is 1. The van der Waals surface area contributed by atoms with Crippen molar-refractivity contribution in [1.29, 1.82) is 0 Å². The van der Waals surface area contributed by atoms with E-state index in [1.54, 1.807) is 0 Å². The van der Waals surface area contributed by atoms with Crippen molar-refractivity contribution in [3.05, 3.63) is 71.8 Å². The summed E-state index contributed by atoms with van der Waals surface area (Å²) < 4.78 is 4.75. The van der Waals surface area contributed by atoms with Crippen LogP contribution in [0.1, 0.15) is 11.1 Å². The molecule has 102 valence electrons. The van der Waals surface area contributed by atoms with Crippen molar-refractivity contribution in [2.24, 2.45) is 5.73 Å². The predicted octanol–water partition coefficient (Wildman–Crippen LogP) is 2.73. The molecule has 2 aromatic carbocycles. The molecule has 3 heteroatoms. The van der Waals surface area contributed by atoms with Gasteiger partial charge in [-0.3, -0.25) is 4.79 Å². The molecule has 0 amide bonds. The second-order valence-corrected chi connectivity index (χ2v) is 4.38. The van der Waals surface area contributed by atoms with Gasteiger partial charge in [0.1, 0.15) is 6.04 Å². The van der Waals surface area contributed by atoms with Gasteiger partial charge in [-0.25, -0.2) is 0 Å². The van der Waals surface area contributed by atoms with Gasteiger partial charge in [0.15, 0.2) is 0 Å². The molecule has 3 nitrogen and oxygen atoms in total. The number of carbonyl (C=O) groups is 1. The van der Waals surface area contributed by atoms with Crippen molar-refractivity contribution in [1.82, 2.24) is 0 Å². The van der Waals surface area contributed by atoms with Crippen LogP contribution in [0.5, 0.6) is 0 Å². The predicted molar refractivity (Wildman–Crippen MR) is 80.7 cm³/mol. The highest BCUT2D eigenvalue weighted by atomic mass is 16.5. The Morgan fingerprint density at radius 2 is 1.60 bits per heavy atom. The summed E-state index contributed by atoms with van der Waals surface area (Å²) in [5, 5.41) is 0. The number of hydrogen-bond donors (Lipinski definition) is 1. The summed E-state index contributed by atoms with van der Waals surface area (Å²) in [7, 11) is 1.34. The van der Waals surface area contributed by atoms with Crippen molar-refractivity contribution in [3.8, 4) is 0 Å². The molecular formula is C17H17NO2. The van der Waals surface area contributed by atoms with E-state index in [9.17, 15) is 4.79 Å². The number of carbonyl (C=O) groups excluding carboxylic acids is 1. The van der Waals surface area contributed by atoms with Gasteiger partial charge in [0, 0.05) is 0 Å². The molecule has 0 aromatic heterocycles. The highest BCUT2D eigenvalue weighted by molar-refractivity contribution is 5.97. The number of hydrogen-bond acceptors (Lipinski definition) is 3. The number of rotatable bonds is 4. The average Bonchev–Trinajstić information content (AvgIpc) is 2.53. The van der Waals surface area contributed by atoms with Crippen LogP contribution in [0.4, 0.5) is 0 Å². The smallest absolute Gasteiger partial charge is 0.327 e. The molecule has 0 aliphatic carbocycles. The molecule has 0 heterocycles. The first-order valence-electron chi connectivity index (χ1n) is 6.38. The topological polar surface area (TPSA) is 52.3 Å². The maximum atomic E-state index is 11.7. The molecule has 2 aromatic rings. The molecule has 0 aliphatic heterocycles. The fraction of sp³-hybridized carbons (Fsp3) is 0.118. The highest BCUT2D eigenvalue weighted by Crippen LogP contribution is 2.21. The van der Waals surface area contributed by atoms with E-state index in [-0.39, 0.29) is 0 Å². The molecule has 0 saturated carbocycles. The van der Waals surface area contributed by atoms with Crippen molar-refractivity contribution in [2.75, 3.05) is 7.11 Å². The third-order valence-electron chi connectivity index (χ3n) is 3.02. The monoisotopic (exact) mass is 267 g/mol. The fourth-order valence-corrected chi connectivity index (χ4v) is 1.97. The highest BCUT2D eigenvalue weighted by Gasteiger charge is 2.20. The largest absolute Gasteiger partial charge is 0.468 e. The van der Waals surface area contributed by atoms with E-state index in [0.717, 1.165) is 16.7 Å². The lowest BCUT2D eigenvalue weighted by Crippen LogP contribution is -2.32. The van der Waals surface area contributed by atoms with Crippen LogP contribution in [0.2, 0.25) is 0 Å². The molecule has 2 rings (SSSR count). The van der Waals surface area contributed by atoms with Crippen molar-refractivity contribution < 1.29 is 9.53 Å². The van der Waals surface area contributed by atoms with Crippen LogP contribution in [-0.4, -0.2) is 19.1 Å². The minimum atomic E-state index is -0.803. The minimum absolute atomic E-state index is 0.448. The molecule has 1 atom stereocenters. The van der Waals surface area contributed by atoms with E-state index in [0.29, 0.717) is 0 Å². The standard InChI is InChI=1S/C17H17NO2/c1-20-17(19)16(18)15(14-10-6-3-7-11-14)12-13-8-4-2-5-9-13/h2-12,16H,18H2,1H3. The van der Waals surface area contributed by atoms with Crippen LogP contribution in [-0.2, 0) is 9.53 Å². The summed E-state index contributed by atoms with van der Waals surface area (Å²) in [6.45, 7) is 0. The number of nitrogens with two attached hydrogens (primary N) is 1. The third kappa shape index (κ3) is 3.33. The normalized spacial score (nSPS) is 12.8. The molecule has 0 spiro atoms. The second kappa shape index (κ2) is 6.68. The lowest BCUT2D eigenvalue weighted by Gasteiger charge is -2.14. The lowest BCUT2D eigenvalue weighted by atomic mass is 9.96. The Labute approximate surface area is 118 Å². The van der Waals surface area contributed by atoms with Crippen LogP contribution < -0.4 is 5.73 Å². The molecule has 2 N–H and O–H groups in total. The Kier molecular flexibility index (Phi) is 4.69. The fourth-order valence-electron chi connectivity index (χ4n) is 1.97. The minimum Gasteiger partial charge on any atom is -0.468 e. The SMILES string of the molecule is COC(=O)C(N)C(=Cc1ccccc1)c1ccccc1. The van der Waals surface area contributed by atoms with Gasteiger partial charge in [-0.1, -0.05) is 60.7 Å². The summed E-state index contributed by atoms with van der Waals surface area (Å²) in [6.07, 6.45) is 1.91. The summed E-state index contributed by atoms with van der Waals surface area (Å²) in [6, 6.07) is 18.6. The van der Waals surface area contributed by atoms with Crippen molar-refractivity contribution in [3.63, 3.8) is 0 Å². The van der Waals surface area contributed by atoms with E-state index < -0.39 is 12.0 Å². The molecule has 0 aliphatic rings. The van der Waals surface area contributed by atoms with E-state index in [4.69, 9.17) is 10.5 Å². The van der Waals surface area contributed by atoms with E-state index in [1.807, 2.05) is 66.7 Å². The van der Waals surface area contributed by atoms with Gasteiger partial charge in [-0.2, -0.15) is 0 Å². The molecule has 20 heavy (non-hydrogen) atoms. The molecular weight excluding hydrogens is 250 g/mol. The van der Waals surface area contributed by atoms with Crippen LogP contribution in [0.15, 0.2) is 60.7 Å². The van der Waals surface area contributed by atoms with Gasteiger partial charge in [0.25, 0.3) is 0 Å². The van der Waals surface area contributed by atoms with Gasteiger partial charge in [0.2, 0.25) is 0 Å². The first-order chi connectivity index (χ1) is 9.72. The summed E-state index contributed by atoms with van der Waals surface area (Å²) in [5.41, 5.74) is 8.65. The van der Waals surface area contributed by atoms with Crippen LogP contribution in [0.3, 0.4) is 0 Å². The number of benzene rings is 2. The van der Waals surface area contributed by atoms with E-state index in [1.165, 1.54) is 7.11 Å². The van der Waals surface area contributed by atoms with E-state index in [2.05, 4.69) is 0 Å². The molecule has 1 unspecified atom stereocenters. The Hall–Kier alpha value is -2.39. The van der Waals surface area contributed by atoms with Crippen LogP contribution in [0.25, 0.3) is 11.6 Å². The molecule has 0 radical (unpaired) electrons. The first-order valence-corrected chi connectivity index (χ1v) is 6.38. The second-order valence-electron chi connectivity index (χ2n) is 4.38. The zero-order valence-electron chi connectivity index (χ0n) is 11.3. The third-order valence-corrected chi connectivity index (χ3v) is 3.02.